The average molecular weight is 457 g/mol. The maximum absolute atomic E-state index is 13.5. The van der Waals surface area contributed by atoms with Crippen LogP contribution in [0, 0.1) is 5.82 Å². The van der Waals surface area contributed by atoms with Crippen molar-refractivity contribution in [2.24, 2.45) is 0 Å². The molecule has 4 fully saturated rings. The molecule has 1 aromatic rings. The van der Waals surface area contributed by atoms with E-state index in [2.05, 4.69) is 10.6 Å². The van der Waals surface area contributed by atoms with Crippen LogP contribution in [0.25, 0.3) is 0 Å². The Labute approximate surface area is 184 Å². The van der Waals surface area contributed by atoms with Crippen LogP contribution in [-0.2, 0) is 9.59 Å². The molecule has 4 aliphatic rings. The Morgan fingerprint density at radius 1 is 1.27 bits per heavy atom. The quantitative estimate of drug-likeness (QED) is 0.612. The van der Waals surface area contributed by atoms with Gasteiger partial charge in [-0.3, -0.25) is 9.59 Å². The number of hydrogen-bond donors (Lipinski definition) is 3. The number of halogens is 2. The van der Waals surface area contributed by atoms with Crippen LogP contribution >= 0.6 is 23.4 Å². The van der Waals surface area contributed by atoms with E-state index in [1.165, 1.54) is 12.1 Å². The van der Waals surface area contributed by atoms with Crippen molar-refractivity contribution in [3.63, 3.8) is 0 Å². The first-order valence-corrected chi connectivity index (χ1v) is 11.7. The van der Waals surface area contributed by atoms with Gasteiger partial charge in [0.15, 0.2) is 6.61 Å². The summed E-state index contributed by atoms with van der Waals surface area (Å²) in [4.78, 5) is 25.0. The standard InChI is InChI=1S/C21H26ClFN2O4S/c22-14-4-3-13(10-15(14)23)29-12-18(27)24-21-7-5-20(6-8-21,11-17(21)26)25-19(28)16-2-1-9-30-16/h3-4,10,16-17,26H,1-2,5-9,11-12H2,(H,24,27)(H,25,28). The number of fused-ring (bicyclic) bond motifs is 3. The molecule has 0 radical (unpaired) electrons. The summed E-state index contributed by atoms with van der Waals surface area (Å²) in [6.07, 6.45) is 4.28. The SMILES string of the molecule is O=C(COc1ccc(Cl)c(F)c1)NC12CCC(NC(=O)C3CCCS3)(CC1)CC2O. The molecule has 3 N–H and O–H groups in total. The molecule has 2 bridgehead atoms. The van der Waals surface area contributed by atoms with Gasteiger partial charge in [-0.05, 0) is 62.8 Å². The molecule has 3 saturated carbocycles. The lowest BCUT2D eigenvalue weighted by Crippen LogP contribution is -2.70. The van der Waals surface area contributed by atoms with Crippen molar-refractivity contribution in [3.05, 3.63) is 29.0 Å². The number of rotatable bonds is 6. The predicted molar refractivity (Wildman–Crippen MR) is 113 cm³/mol. The Morgan fingerprint density at radius 2 is 2.03 bits per heavy atom. The summed E-state index contributed by atoms with van der Waals surface area (Å²) in [5.41, 5.74) is -1.09. The highest BCUT2D eigenvalue weighted by Crippen LogP contribution is 2.47. The van der Waals surface area contributed by atoms with Crippen molar-refractivity contribution < 1.29 is 23.8 Å². The molecule has 164 valence electrons. The Hall–Kier alpha value is -1.51. The van der Waals surface area contributed by atoms with Crippen molar-refractivity contribution in [2.75, 3.05) is 12.4 Å². The third-order valence-corrected chi connectivity index (χ3v) is 8.26. The molecule has 30 heavy (non-hydrogen) atoms. The third kappa shape index (κ3) is 4.41. The smallest absolute Gasteiger partial charge is 0.258 e. The molecule has 6 nitrogen and oxygen atoms in total. The first-order chi connectivity index (χ1) is 14.3. The van der Waals surface area contributed by atoms with Gasteiger partial charge in [-0.25, -0.2) is 4.39 Å². The molecule has 2 unspecified atom stereocenters. The van der Waals surface area contributed by atoms with E-state index in [-0.39, 0.29) is 40.0 Å². The molecule has 0 aromatic heterocycles. The molecule has 1 saturated heterocycles. The van der Waals surface area contributed by atoms with Gasteiger partial charge in [0.25, 0.3) is 5.91 Å². The zero-order valence-corrected chi connectivity index (χ0v) is 18.2. The zero-order valence-electron chi connectivity index (χ0n) is 16.6. The Morgan fingerprint density at radius 3 is 2.67 bits per heavy atom. The van der Waals surface area contributed by atoms with E-state index in [1.807, 2.05) is 0 Å². The number of nitrogens with one attached hydrogen (secondary N) is 2. The highest BCUT2D eigenvalue weighted by atomic mass is 35.5. The number of carbonyl (C=O) groups is 2. The Kier molecular flexibility index (Phi) is 6.19. The molecule has 1 heterocycles. The van der Waals surface area contributed by atoms with Gasteiger partial charge in [0, 0.05) is 11.6 Å². The maximum atomic E-state index is 13.5. The lowest BCUT2D eigenvalue weighted by Gasteiger charge is -2.56. The largest absolute Gasteiger partial charge is 0.484 e. The number of aliphatic hydroxyl groups excluding tert-OH is 1. The highest BCUT2D eigenvalue weighted by Gasteiger charge is 2.55. The van der Waals surface area contributed by atoms with E-state index < -0.39 is 17.5 Å². The monoisotopic (exact) mass is 456 g/mol. The Bertz CT molecular complexity index is 825. The van der Waals surface area contributed by atoms with Crippen molar-refractivity contribution in [2.45, 2.75) is 67.4 Å². The van der Waals surface area contributed by atoms with Crippen LogP contribution in [0.1, 0.15) is 44.9 Å². The minimum atomic E-state index is -0.742. The number of amides is 2. The number of aliphatic hydroxyl groups is 1. The molecule has 0 spiro atoms. The molecule has 2 atom stereocenters. The Balaban J connectivity index is 1.32. The number of ether oxygens (including phenoxy) is 1. The highest BCUT2D eigenvalue weighted by molar-refractivity contribution is 8.00. The van der Waals surface area contributed by atoms with Crippen molar-refractivity contribution >= 4 is 35.2 Å². The topological polar surface area (TPSA) is 87.7 Å². The summed E-state index contributed by atoms with van der Waals surface area (Å²) < 4.78 is 18.9. The van der Waals surface area contributed by atoms with Crippen molar-refractivity contribution in [1.82, 2.24) is 10.6 Å². The second kappa shape index (κ2) is 8.55. The number of benzene rings is 1. The lowest BCUT2D eigenvalue weighted by molar-refractivity contribution is -0.136. The minimum Gasteiger partial charge on any atom is -0.484 e. The normalized spacial score (nSPS) is 32.6. The van der Waals surface area contributed by atoms with Crippen LogP contribution in [-0.4, -0.2) is 51.7 Å². The molecular weight excluding hydrogens is 431 g/mol. The molecule has 5 rings (SSSR count). The fourth-order valence-electron chi connectivity index (χ4n) is 4.82. The van der Waals surface area contributed by atoms with Crippen LogP contribution in [0.5, 0.6) is 5.75 Å². The van der Waals surface area contributed by atoms with E-state index in [0.29, 0.717) is 19.3 Å². The summed E-state index contributed by atoms with van der Waals surface area (Å²) in [5, 5.41) is 17.0. The van der Waals surface area contributed by atoms with Crippen molar-refractivity contribution in [3.8, 4) is 5.75 Å². The average Bonchev–Trinajstić information content (AvgIpc) is 3.25. The van der Waals surface area contributed by atoms with Gasteiger partial charge in [-0.1, -0.05) is 11.6 Å². The molecular formula is C21H26ClFN2O4S. The fourth-order valence-corrected chi connectivity index (χ4v) is 6.10. The van der Waals surface area contributed by atoms with Crippen LogP contribution in [0.4, 0.5) is 4.39 Å². The van der Waals surface area contributed by atoms with Crippen LogP contribution in [0.2, 0.25) is 5.02 Å². The minimum absolute atomic E-state index is 0.0136. The summed E-state index contributed by atoms with van der Waals surface area (Å²) in [6, 6.07) is 3.99. The van der Waals surface area contributed by atoms with Gasteiger partial charge >= 0.3 is 0 Å². The molecule has 3 aliphatic carbocycles. The molecule has 1 aromatic carbocycles. The van der Waals surface area contributed by atoms with Crippen molar-refractivity contribution in [1.29, 1.82) is 0 Å². The second-order valence-corrected chi connectivity index (χ2v) is 10.3. The van der Waals surface area contributed by atoms with E-state index in [0.717, 1.165) is 37.5 Å². The summed E-state index contributed by atoms with van der Waals surface area (Å²) in [5.74, 6) is 0.325. The summed E-state index contributed by atoms with van der Waals surface area (Å²) in [6.45, 7) is -0.281. The number of thioether (sulfide) groups is 1. The number of carbonyl (C=O) groups excluding carboxylic acids is 2. The van der Waals surface area contributed by atoms with E-state index in [1.54, 1.807) is 11.8 Å². The number of hydrogen-bond acceptors (Lipinski definition) is 5. The maximum Gasteiger partial charge on any atom is 0.258 e. The van der Waals surface area contributed by atoms with Gasteiger partial charge in [0.2, 0.25) is 5.91 Å². The van der Waals surface area contributed by atoms with E-state index in [9.17, 15) is 19.1 Å². The fraction of sp³-hybridized carbons (Fsp3) is 0.619. The first kappa shape index (κ1) is 21.7. The molecule has 1 aliphatic heterocycles. The van der Waals surface area contributed by atoms with Gasteiger partial charge in [-0.2, -0.15) is 0 Å². The van der Waals surface area contributed by atoms with Gasteiger partial charge < -0.3 is 20.5 Å². The predicted octanol–water partition coefficient (Wildman–Crippen LogP) is 2.80. The van der Waals surface area contributed by atoms with Gasteiger partial charge in [0.05, 0.1) is 21.9 Å². The summed E-state index contributed by atoms with van der Waals surface area (Å²) >= 11 is 7.34. The molecule has 9 heteroatoms. The van der Waals surface area contributed by atoms with Crippen LogP contribution < -0.4 is 15.4 Å². The van der Waals surface area contributed by atoms with E-state index >= 15 is 0 Å². The summed E-state index contributed by atoms with van der Waals surface area (Å²) in [7, 11) is 0. The molecule has 2 amide bonds. The first-order valence-electron chi connectivity index (χ1n) is 10.3. The zero-order chi connectivity index (χ0) is 21.4. The van der Waals surface area contributed by atoms with Gasteiger partial charge in [-0.15, -0.1) is 11.8 Å². The van der Waals surface area contributed by atoms with Gasteiger partial charge in [0.1, 0.15) is 11.6 Å². The van der Waals surface area contributed by atoms with E-state index in [4.69, 9.17) is 16.3 Å². The third-order valence-electron chi connectivity index (χ3n) is 6.58. The lowest BCUT2D eigenvalue weighted by atomic mass is 9.60. The van der Waals surface area contributed by atoms with Crippen LogP contribution in [0.15, 0.2) is 18.2 Å². The second-order valence-electron chi connectivity index (χ2n) is 8.56. The van der Waals surface area contributed by atoms with Crippen LogP contribution in [0.3, 0.4) is 0 Å².